The second-order valence-corrected chi connectivity index (χ2v) is 4.98. The highest BCUT2D eigenvalue weighted by molar-refractivity contribution is 5.74. The SMILES string of the molecule is CCNC(=O)NC(c1cc(OC)cc(OC)c1)c1nccn1C. The van der Waals surface area contributed by atoms with Gasteiger partial charge in [-0.15, -0.1) is 0 Å². The van der Waals surface area contributed by atoms with Crippen molar-refractivity contribution in [3.8, 4) is 11.5 Å². The quantitative estimate of drug-likeness (QED) is 0.852. The zero-order valence-electron chi connectivity index (χ0n) is 13.8. The molecule has 0 aliphatic rings. The molecule has 124 valence electrons. The van der Waals surface area contributed by atoms with Gasteiger partial charge in [-0.1, -0.05) is 0 Å². The molecule has 7 nitrogen and oxygen atoms in total. The summed E-state index contributed by atoms with van der Waals surface area (Å²) in [5, 5.41) is 5.67. The van der Waals surface area contributed by atoms with Gasteiger partial charge in [0.2, 0.25) is 0 Å². The molecule has 0 bridgehead atoms. The largest absolute Gasteiger partial charge is 0.497 e. The number of aromatic nitrogens is 2. The number of hydrogen-bond acceptors (Lipinski definition) is 4. The summed E-state index contributed by atoms with van der Waals surface area (Å²) in [6.45, 7) is 2.41. The van der Waals surface area contributed by atoms with Crippen molar-refractivity contribution in [2.45, 2.75) is 13.0 Å². The van der Waals surface area contributed by atoms with Crippen molar-refractivity contribution >= 4 is 6.03 Å². The van der Waals surface area contributed by atoms with Gasteiger partial charge in [0, 0.05) is 32.1 Å². The van der Waals surface area contributed by atoms with Crippen LogP contribution in [0.2, 0.25) is 0 Å². The summed E-state index contributed by atoms with van der Waals surface area (Å²) in [6, 6.07) is 4.81. The number of hydrogen-bond donors (Lipinski definition) is 2. The third kappa shape index (κ3) is 3.94. The lowest BCUT2D eigenvalue weighted by atomic mass is 10.1. The molecule has 0 aliphatic heterocycles. The average Bonchev–Trinajstić information content (AvgIpc) is 2.98. The van der Waals surface area contributed by atoms with E-state index in [1.54, 1.807) is 26.5 Å². The lowest BCUT2D eigenvalue weighted by Crippen LogP contribution is -2.39. The van der Waals surface area contributed by atoms with E-state index in [4.69, 9.17) is 9.47 Å². The van der Waals surface area contributed by atoms with Crippen molar-refractivity contribution in [2.75, 3.05) is 20.8 Å². The molecule has 0 radical (unpaired) electrons. The second kappa shape index (κ2) is 7.53. The van der Waals surface area contributed by atoms with E-state index in [1.165, 1.54) is 0 Å². The van der Waals surface area contributed by atoms with Crippen LogP contribution in [-0.2, 0) is 7.05 Å². The molecular weight excluding hydrogens is 296 g/mol. The number of carbonyl (C=O) groups is 1. The molecule has 23 heavy (non-hydrogen) atoms. The van der Waals surface area contributed by atoms with Crippen LogP contribution < -0.4 is 20.1 Å². The Hall–Kier alpha value is -2.70. The molecule has 1 aromatic carbocycles. The highest BCUT2D eigenvalue weighted by atomic mass is 16.5. The Morgan fingerprint density at radius 2 is 1.91 bits per heavy atom. The monoisotopic (exact) mass is 318 g/mol. The van der Waals surface area contributed by atoms with Crippen LogP contribution in [0.5, 0.6) is 11.5 Å². The first-order valence-electron chi connectivity index (χ1n) is 7.33. The minimum atomic E-state index is -0.425. The van der Waals surface area contributed by atoms with E-state index in [-0.39, 0.29) is 6.03 Å². The number of carbonyl (C=O) groups excluding carboxylic acids is 1. The number of amides is 2. The molecule has 2 aromatic rings. The number of urea groups is 1. The second-order valence-electron chi connectivity index (χ2n) is 4.98. The minimum absolute atomic E-state index is 0.262. The van der Waals surface area contributed by atoms with Crippen LogP contribution in [-0.4, -0.2) is 36.3 Å². The van der Waals surface area contributed by atoms with Crippen molar-refractivity contribution in [2.24, 2.45) is 7.05 Å². The first-order chi connectivity index (χ1) is 11.1. The molecule has 1 atom stereocenters. The van der Waals surface area contributed by atoms with Gasteiger partial charge in [-0.25, -0.2) is 9.78 Å². The molecule has 0 fully saturated rings. The van der Waals surface area contributed by atoms with Gasteiger partial charge >= 0.3 is 6.03 Å². The standard InChI is InChI=1S/C16H22N4O3/c1-5-17-16(21)19-14(15-18-6-7-20(15)2)11-8-12(22-3)10-13(9-11)23-4/h6-10,14H,5H2,1-4H3,(H2,17,19,21). The Balaban J connectivity index is 2.44. The normalized spacial score (nSPS) is 11.7. The van der Waals surface area contributed by atoms with Crippen LogP contribution in [0.3, 0.4) is 0 Å². The molecule has 0 aliphatic carbocycles. The molecule has 1 heterocycles. The smallest absolute Gasteiger partial charge is 0.315 e. The van der Waals surface area contributed by atoms with Gasteiger partial charge in [0.05, 0.1) is 14.2 Å². The Morgan fingerprint density at radius 3 is 2.39 bits per heavy atom. The van der Waals surface area contributed by atoms with E-state index >= 15 is 0 Å². The lowest BCUT2D eigenvalue weighted by Gasteiger charge is -2.20. The third-order valence-electron chi connectivity index (χ3n) is 3.44. The van der Waals surface area contributed by atoms with E-state index < -0.39 is 6.04 Å². The van der Waals surface area contributed by atoms with Gasteiger partial charge in [0.1, 0.15) is 23.4 Å². The number of aryl methyl sites for hydroxylation is 1. The predicted molar refractivity (Wildman–Crippen MR) is 86.8 cm³/mol. The fourth-order valence-electron chi connectivity index (χ4n) is 2.29. The maximum atomic E-state index is 12.0. The summed E-state index contributed by atoms with van der Waals surface area (Å²) in [5.41, 5.74) is 0.821. The van der Waals surface area contributed by atoms with Gasteiger partial charge < -0.3 is 24.7 Å². The van der Waals surface area contributed by atoms with E-state index in [0.717, 1.165) is 5.56 Å². The average molecular weight is 318 g/mol. The molecule has 2 N–H and O–H groups in total. The molecule has 2 rings (SSSR count). The third-order valence-corrected chi connectivity index (χ3v) is 3.44. The topological polar surface area (TPSA) is 77.4 Å². The molecule has 0 spiro atoms. The van der Waals surface area contributed by atoms with Crippen LogP contribution in [0.15, 0.2) is 30.6 Å². The minimum Gasteiger partial charge on any atom is -0.497 e. The Bertz CT molecular complexity index is 647. The number of nitrogens with one attached hydrogen (secondary N) is 2. The van der Waals surface area contributed by atoms with Crippen LogP contribution >= 0.6 is 0 Å². The van der Waals surface area contributed by atoms with Gasteiger partial charge in [-0.05, 0) is 24.6 Å². The van der Waals surface area contributed by atoms with Crippen LogP contribution in [0.25, 0.3) is 0 Å². The van der Waals surface area contributed by atoms with Crippen molar-refractivity contribution in [1.82, 2.24) is 20.2 Å². The van der Waals surface area contributed by atoms with E-state index in [9.17, 15) is 4.79 Å². The van der Waals surface area contributed by atoms with Crippen molar-refractivity contribution < 1.29 is 14.3 Å². The van der Waals surface area contributed by atoms with Crippen LogP contribution in [0.4, 0.5) is 4.79 Å². The predicted octanol–water partition coefficient (Wildman–Crippen LogP) is 1.85. The van der Waals surface area contributed by atoms with E-state index in [0.29, 0.717) is 23.9 Å². The number of benzene rings is 1. The number of methoxy groups -OCH3 is 2. The number of nitrogens with zero attached hydrogens (tertiary/aromatic N) is 2. The number of rotatable bonds is 6. The maximum absolute atomic E-state index is 12.0. The molecule has 1 aromatic heterocycles. The molecule has 0 saturated carbocycles. The summed E-state index contributed by atoms with van der Waals surface area (Å²) in [7, 11) is 5.06. The number of imidazole rings is 1. The molecular formula is C16H22N4O3. The lowest BCUT2D eigenvalue weighted by molar-refractivity contribution is 0.238. The first-order valence-corrected chi connectivity index (χ1v) is 7.33. The maximum Gasteiger partial charge on any atom is 0.315 e. The fraction of sp³-hybridized carbons (Fsp3) is 0.375. The summed E-state index contributed by atoms with van der Waals surface area (Å²) < 4.78 is 12.5. The zero-order chi connectivity index (χ0) is 16.8. The van der Waals surface area contributed by atoms with Crippen molar-refractivity contribution in [1.29, 1.82) is 0 Å². The summed E-state index contributed by atoms with van der Waals surface area (Å²) in [4.78, 5) is 16.4. The summed E-state index contributed by atoms with van der Waals surface area (Å²) in [5.74, 6) is 2.01. The van der Waals surface area contributed by atoms with Crippen LogP contribution in [0, 0.1) is 0 Å². The van der Waals surface area contributed by atoms with Crippen molar-refractivity contribution in [3.05, 3.63) is 42.0 Å². The highest BCUT2D eigenvalue weighted by Gasteiger charge is 2.22. The zero-order valence-corrected chi connectivity index (χ0v) is 13.8. The highest BCUT2D eigenvalue weighted by Crippen LogP contribution is 2.29. The molecule has 1 unspecified atom stereocenters. The summed E-state index contributed by atoms with van der Waals surface area (Å²) in [6.07, 6.45) is 3.53. The van der Waals surface area contributed by atoms with Crippen molar-refractivity contribution in [3.63, 3.8) is 0 Å². The van der Waals surface area contributed by atoms with Crippen LogP contribution in [0.1, 0.15) is 24.4 Å². The van der Waals surface area contributed by atoms with E-state index in [2.05, 4.69) is 15.6 Å². The molecule has 0 saturated heterocycles. The Kier molecular flexibility index (Phi) is 5.46. The molecule has 7 heteroatoms. The van der Waals surface area contributed by atoms with E-state index in [1.807, 2.05) is 36.9 Å². The van der Waals surface area contributed by atoms with Gasteiger partial charge in [-0.3, -0.25) is 0 Å². The van der Waals surface area contributed by atoms with Gasteiger partial charge in [0.15, 0.2) is 0 Å². The summed E-state index contributed by atoms with van der Waals surface area (Å²) >= 11 is 0. The Morgan fingerprint density at radius 1 is 1.26 bits per heavy atom. The number of ether oxygens (including phenoxy) is 2. The first kappa shape index (κ1) is 16.7. The van der Waals surface area contributed by atoms with Gasteiger partial charge in [0.25, 0.3) is 0 Å². The molecule has 2 amide bonds. The Labute approximate surface area is 135 Å². The fourth-order valence-corrected chi connectivity index (χ4v) is 2.29. The van der Waals surface area contributed by atoms with Gasteiger partial charge in [-0.2, -0.15) is 0 Å².